The lowest BCUT2D eigenvalue weighted by Crippen LogP contribution is -2.62. The van der Waals surface area contributed by atoms with Gasteiger partial charge in [-0.25, -0.2) is 0 Å². The molecule has 2 N–H and O–H groups in total. The Kier molecular flexibility index (Phi) is 10.9. The minimum atomic E-state index is -4.06. The predicted molar refractivity (Wildman–Crippen MR) is 129 cm³/mol. The van der Waals surface area contributed by atoms with Crippen LogP contribution in [0.15, 0.2) is 29.2 Å². The van der Waals surface area contributed by atoms with Gasteiger partial charge < -0.3 is 24.4 Å². The highest BCUT2D eigenvalue weighted by Crippen LogP contribution is 2.31. The van der Waals surface area contributed by atoms with Crippen molar-refractivity contribution in [2.24, 2.45) is 0 Å². The first kappa shape index (κ1) is 29.2. The molecule has 2 unspecified atom stereocenters. The van der Waals surface area contributed by atoms with Gasteiger partial charge in [0.1, 0.15) is 24.4 Å². The van der Waals surface area contributed by atoms with Crippen molar-refractivity contribution < 1.29 is 37.0 Å². The van der Waals surface area contributed by atoms with Crippen LogP contribution in [0.4, 0.5) is 0 Å². The van der Waals surface area contributed by atoms with Crippen LogP contribution in [0.3, 0.4) is 0 Å². The van der Waals surface area contributed by atoms with Crippen LogP contribution >= 0.6 is 0 Å². The molecule has 9 heteroatoms. The standard InChI is InChI=1S/C25H42O8S/c1-7-10-18(9-3)31-23-21(26)20(32-24(22(23)27)33-25(5,6)15-8-2)16-30-34(28,29)19-13-11-17(4)12-14-19/h11-14,18,20-24,26-27H,7-10,15-16H2,1-6H3/t18-,20?,21+,22?,23-,24+/m0/s1. The van der Waals surface area contributed by atoms with Crippen molar-refractivity contribution in [1.82, 2.24) is 0 Å². The van der Waals surface area contributed by atoms with Crippen LogP contribution in [0.1, 0.15) is 72.3 Å². The fourth-order valence-electron chi connectivity index (χ4n) is 4.12. The monoisotopic (exact) mass is 502 g/mol. The quantitative estimate of drug-likeness (QED) is 0.393. The summed E-state index contributed by atoms with van der Waals surface area (Å²) >= 11 is 0. The third kappa shape index (κ3) is 7.98. The number of ether oxygens (including phenoxy) is 3. The lowest BCUT2D eigenvalue weighted by atomic mass is 9.97. The summed E-state index contributed by atoms with van der Waals surface area (Å²) in [5, 5.41) is 22.0. The van der Waals surface area contributed by atoms with E-state index in [1.165, 1.54) is 12.1 Å². The summed E-state index contributed by atoms with van der Waals surface area (Å²) in [5.74, 6) is 0. The molecule has 8 nitrogen and oxygen atoms in total. The Balaban J connectivity index is 2.23. The van der Waals surface area contributed by atoms with Crippen LogP contribution in [0.5, 0.6) is 0 Å². The molecule has 1 heterocycles. The molecule has 0 aromatic heterocycles. The Labute approximate surface area is 204 Å². The van der Waals surface area contributed by atoms with Crippen LogP contribution < -0.4 is 0 Å². The summed E-state index contributed by atoms with van der Waals surface area (Å²) in [7, 11) is -4.06. The molecule has 1 saturated heterocycles. The first-order valence-electron chi connectivity index (χ1n) is 12.2. The zero-order valence-electron chi connectivity index (χ0n) is 21.3. The molecule has 0 radical (unpaired) electrons. The third-order valence-electron chi connectivity index (χ3n) is 6.04. The maximum Gasteiger partial charge on any atom is 0.297 e. The van der Waals surface area contributed by atoms with Gasteiger partial charge in [0.05, 0.1) is 23.2 Å². The number of rotatable bonds is 13. The van der Waals surface area contributed by atoms with Gasteiger partial charge in [-0.1, -0.05) is 51.3 Å². The number of hydrogen-bond acceptors (Lipinski definition) is 8. The Morgan fingerprint density at radius 3 is 2.26 bits per heavy atom. The number of hydrogen-bond donors (Lipinski definition) is 2. The Morgan fingerprint density at radius 2 is 1.71 bits per heavy atom. The number of aryl methyl sites for hydroxylation is 1. The van der Waals surface area contributed by atoms with Gasteiger partial charge >= 0.3 is 0 Å². The average Bonchev–Trinajstić information content (AvgIpc) is 2.77. The minimum absolute atomic E-state index is 0.0158. The van der Waals surface area contributed by atoms with Gasteiger partial charge in [0.25, 0.3) is 10.1 Å². The van der Waals surface area contributed by atoms with Gasteiger partial charge in [-0.3, -0.25) is 4.18 Å². The first-order valence-corrected chi connectivity index (χ1v) is 13.7. The summed E-state index contributed by atoms with van der Waals surface area (Å²) in [6.07, 6.45) is -1.95. The van der Waals surface area contributed by atoms with Crippen LogP contribution in [0.25, 0.3) is 0 Å². The molecule has 6 atom stereocenters. The van der Waals surface area contributed by atoms with E-state index in [4.69, 9.17) is 18.4 Å². The summed E-state index contributed by atoms with van der Waals surface area (Å²) < 4.78 is 48.6. The number of aliphatic hydroxyl groups is 2. The van der Waals surface area contributed by atoms with Crippen LogP contribution in [-0.2, 0) is 28.5 Å². The highest BCUT2D eigenvalue weighted by atomic mass is 32.2. The maximum absolute atomic E-state index is 12.7. The second kappa shape index (κ2) is 12.8. The normalized spacial score (nSPS) is 27.0. The summed E-state index contributed by atoms with van der Waals surface area (Å²) in [5.41, 5.74) is 0.325. The number of benzene rings is 1. The van der Waals surface area contributed by atoms with Crippen molar-refractivity contribution >= 4 is 10.1 Å². The molecule has 1 fully saturated rings. The largest absolute Gasteiger partial charge is 0.387 e. The van der Waals surface area contributed by atoms with Crippen molar-refractivity contribution in [3.05, 3.63) is 29.8 Å². The van der Waals surface area contributed by atoms with Gasteiger partial charge in [0.15, 0.2) is 6.29 Å². The van der Waals surface area contributed by atoms with Crippen molar-refractivity contribution in [1.29, 1.82) is 0 Å². The Bertz CT molecular complexity index is 839. The molecule has 0 aliphatic carbocycles. The molecule has 0 spiro atoms. The van der Waals surface area contributed by atoms with E-state index in [1.807, 2.05) is 41.5 Å². The zero-order valence-corrected chi connectivity index (χ0v) is 22.1. The minimum Gasteiger partial charge on any atom is -0.387 e. The summed E-state index contributed by atoms with van der Waals surface area (Å²) in [6.45, 7) is 11.3. The fraction of sp³-hybridized carbons (Fsp3) is 0.760. The van der Waals surface area contributed by atoms with Crippen LogP contribution in [-0.4, -0.2) is 67.6 Å². The van der Waals surface area contributed by atoms with E-state index in [-0.39, 0.29) is 11.0 Å². The molecule has 0 bridgehead atoms. The molecule has 196 valence electrons. The van der Waals surface area contributed by atoms with Crippen LogP contribution in [0, 0.1) is 6.92 Å². The summed E-state index contributed by atoms with van der Waals surface area (Å²) in [4.78, 5) is 0.0158. The second-order valence-corrected chi connectivity index (χ2v) is 11.2. The molecule has 0 saturated carbocycles. The Hall–Kier alpha value is -1.07. The van der Waals surface area contributed by atoms with E-state index in [1.54, 1.807) is 12.1 Å². The molecule has 1 aliphatic heterocycles. The van der Waals surface area contributed by atoms with Gasteiger partial charge in [-0.2, -0.15) is 8.42 Å². The van der Waals surface area contributed by atoms with Crippen molar-refractivity contribution in [3.8, 4) is 0 Å². The second-order valence-electron chi connectivity index (χ2n) is 9.62. The van der Waals surface area contributed by atoms with Crippen molar-refractivity contribution in [3.63, 3.8) is 0 Å². The van der Waals surface area contributed by atoms with Gasteiger partial charge in [0, 0.05) is 0 Å². The van der Waals surface area contributed by atoms with E-state index < -0.39 is 53.0 Å². The lowest BCUT2D eigenvalue weighted by molar-refractivity contribution is -0.332. The molecular weight excluding hydrogens is 460 g/mol. The third-order valence-corrected chi connectivity index (χ3v) is 7.34. The van der Waals surface area contributed by atoms with E-state index in [0.717, 1.165) is 31.2 Å². The predicted octanol–water partition coefficient (Wildman–Crippen LogP) is 3.71. The molecule has 2 rings (SSSR count). The van der Waals surface area contributed by atoms with Crippen LogP contribution in [0.2, 0.25) is 0 Å². The molecule has 0 amide bonds. The zero-order chi connectivity index (χ0) is 25.5. The van der Waals surface area contributed by atoms with Crippen molar-refractivity contribution in [2.75, 3.05) is 6.61 Å². The lowest BCUT2D eigenvalue weighted by Gasteiger charge is -2.45. The first-order chi connectivity index (χ1) is 15.9. The maximum atomic E-state index is 12.7. The molecule has 34 heavy (non-hydrogen) atoms. The van der Waals surface area contributed by atoms with Crippen molar-refractivity contribution in [2.45, 2.75) is 121 Å². The summed E-state index contributed by atoms with van der Waals surface area (Å²) in [6, 6.07) is 6.30. The van der Waals surface area contributed by atoms with Gasteiger partial charge in [-0.15, -0.1) is 0 Å². The fourth-order valence-corrected chi connectivity index (χ4v) is 5.03. The highest BCUT2D eigenvalue weighted by Gasteiger charge is 2.48. The molecule has 1 aliphatic rings. The van der Waals surface area contributed by atoms with E-state index >= 15 is 0 Å². The van der Waals surface area contributed by atoms with E-state index in [0.29, 0.717) is 6.42 Å². The Morgan fingerprint density at radius 1 is 1.06 bits per heavy atom. The number of aliphatic hydroxyl groups excluding tert-OH is 2. The highest BCUT2D eigenvalue weighted by molar-refractivity contribution is 7.86. The SMILES string of the molecule is CCC[C@H](CC)O[C@@H]1C(O)[C@@H](OC(C)(C)CCC)OC(COS(=O)(=O)c2ccc(C)cc2)[C@H]1O. The van der Waals surface area contributed by atoms with Gasteiger partial charge in [-0.05, 0) is 52.2 Å². The molecule has 1 aromatic carbocycles. The van der Waals surface area contributed by atoms with E-state index in [9.17, 15) is 18.6 Å². The molecule has 1 aromatic rings. The van der Waals surface area contributed by atoms with Gasteiger partial charge in [0.2, 0.25) is 0 Å². The van der Waals surface area contributed by atoms with E-state index in [2.05, 4.69) is 0 Å². The molecular formula is C25H42O8S. The topological polar surface area (TPSA) is 112 Å². The average molecular weight is 503 g/mol. The smallest absolute Gasteiger partial charge is 0.297 e.